The first-order valence-electron chi connectivity index (χ1n) is 7.78. The van der Waals surface area contributed by atoms with Gasteiger partial charge in [-0.2, -0.15) is 4.31 Å². The van der Waals surface area contributed by atoms with Crippen LogP contribution in [0, 0.1) is 0 Å². The van der Waals surface area contributed by atoms with Crippen molar-refractivity contribution in [3.63, 3.8) is 0 Å². The largest absolute Gasteiger partial charge is 0.481 e. The molecular weight excluding hydrogens is 442 g/mol. The smallest absolute Gasteiger partial charge is 0.387 e. The average Bonchev–Trinajstić information content (AvgIpc) is 3.06. The number of aliphatic hydroxyl groups is 2. The van der Waals surface area contributed by atoms with Crippen LogP contribution in [-0.4, -0.2) is 77.7 Å². The maximum atomic E-state index is 11.9. The molecule has 162 valence electrons. The van der Waals surface area contributed by atoms with Crippen LogP contribution in [0.1, 0.15) is 16.7 Å². The summed E-state index contributed by atoms with van der Waals surface area (Å²) in [7, 11) is -10.5. The topological polar surface area (TPSA) is 239 Å². The molecule has 1 fully saturated rings. The molecule has 3 heterocycles. The van der Waals surface area contributed by atoms with Gasteiger partial charge in [0.15, 0.2) is 11.9 Å². The van der Waals surface area contributed by atoms with Gasteiger partial charge in [-0.3, -0.25) is 18.7 Å². The third kappa shape index (κ3) is 4.90. The molecule has 2 aliphatic rings. The molecule has 7 N–H and O–H groups in total. The molecule has 16 nitrogen and oxygen atoms in total. The number of phosphoric acid groups is 2. The van der Waals surface area contributed by atoms with Gasteiger partial charge >= 0.3 is 15.6 Å². The van der Waals surface area contributed by atoms with Gasteiger partial charge in [-0.15, -0.1) is 0 Å². The molecule has 0 bridgehead atoms. The number of aliphatic hydroxyl groups excluding tert-OH is 2. The Morgan fingerprint density at radius 1 is 1.24 bits per heavy atom. The van der Waals surface area contributed by atoms with Crippen LogP contribution in [0.15, 0.2) is 6.33 Å². The van der Waals surface area contributed by atoms with Gasteiger partial charge in [0.2, 0.25) is 5.91 Å². The van der Waals surface area contributed by atoms with Crippen LogP contribution in [0.3, 0.4) is 0 Å². The first-order chi connectivity index (χ1) is 13.4. The Hall–Kier alpha value is -1.71. The fourth-order valence-corrected chi connectivity index (χ4v) is 4.29. The summed E-state index contributed by atoms with van der Waals surface area (Å²) in [5, 5.41) is 25.0. The predicted molar refractivity (Wildman–Crippen MR) is 88.0 cm³/mol. The molecule has 0 aliphatic carbocycles. The Morgan fingerprint density at radius 2 is 1.93 bits per heavy atom. The van der Waals surface area contributed by atoms with Gasteiger partial charge in [0, 0.05) is 0 Å². The third-order valence-corrected chi connectivity index (χ3v) is 6.05. The van der Waals surface area contributed by atoms with E-state index in [0.717, 1.165) is 10.9 Å². The fraction of sp³-hybridized carbons (Fsp3) is 0.545. The first kappa shape index (κ1) is 22.0. The second kappa shape index (κ2) is 7.85. The Kier molecular flexibility index (Phi) is 5.95. The van der Waals surface area contributed by atoms with Crippen molar-refractivity contribution in [3.8, 4) is 0 Å². The van der Waals surface area contributed by atoms with Gasteiger partial charge < -0.3 is 40.3 Å². The number of nitrogens with zero attached hydrogens (tertiary/aromatic N) is 2. The normalized spacial score (nSPS) is 29.6. The van der Waals surface area contributed by atoms with E-state index >= 15 is 0 Å². The summed E-state index contributed by atoms with van der Waals surface area (Å²) in [6.45, 7) is -1.21. The number of hydrogen-bond donors (Lipinski definition) is 7. The van der Waals surface area contributed by atoms with Crippen LogP contribution in [-0.2, 0) is 27.5 Å². The fourth-order valence-electron chi connectivity index (χ4n) is 2.69. The molecule has 1 aromatic rings. The number of amides is 2. The average molecular weight is 458 g/mol. The number of phosphoric ester groups is 1. The number of anilines is 1. The maximum absolute atomic E-state index is 11.9. The highest BCUT2D eigenvalue weighted by Crippen LogP contribution is 2.57. The number of carbonyl (C=O) groups is 2. The van der Waals surface area contributed by atoms with E-state index < -0.39 is 58.6 Å². The van der Waals surface area contributed by atoms with Crippen molar-refractivity contribution < 1.29 is 57.2 Å². The van der Waals surface area contributed by atoms with E-state index in [0.29, 0.717) is 0 Å². The lowest BCUT2D eigenvalue weighted by atomic mass is 10.1. The van der Waals surface area contributed by atoms with Crippen LogP contribution in [0.5, 0.6) is 0 Å². The molecule has 0 radical (unpaired) electrons. The van der Waals surface area contributed by atoms with Crippen molar-refractivity contribution in [3.05, 3.63) is 12.0 Å². The first-order valence-corrected chi connectivity index (χ1v) is 10.8. The lowest BCUT2D eigenvalue weighted by Crippen LogP contribution is -2.34. The predicted octanol–water partition coefficient (Wildman–Crippen LogP) is -2.59. The number of fused-ring (bicyclic) bond motifs is 1. The number of carbonyl (C=O) groups excluding carboxylic acids is 2. The van der Waals surface area contributed by atoms with E-state index in [1.54, 1.807) is 0 Å². The number of imidazole rings is 1. The standard InChI is InChI=1S/C11H16N4O12P2/c16-5-1-12-10(19)6-9(14-5)15(3-13-6)11-8(18)7(17)4(26-11)2-25-29(23,24)27-28(20,21)22/h3-4,7-8,11,17-18H,1-2H2,(H,12,19)(H,14,16)(H,23,24)(H2,20,21,22)/t4-,7-,8-,11-/m1/s1. The number of rotatable bonds is 6. The highest BCUT2D eigenvalue weighted by atomic mass is 31.3. The Morgan fingerprint density at radius 3 is 2.59 bits per heavy atom. The van der Waals surface area contributed by atoms with Crippen molar-refractivity contribution in [2.45, 2.75) is 24.5 Å². The highest BCUT2D eigenvalue weighted by Gasteiger charge is 2.46. The van der Waals surface area contributed by atoms with Crippen LogP contribution >= 0.6 is 15.6 Å². The van der Waals surface area contributed by atoms with Crippen LogP contribution in [0.25, 0.3) is 0 Å². The zero-order chi connectivity index (χ0) is 21.6. The molecule has 1 unspecified atom stereocenters. The Bertz CT molecular complexity index is 914. The maximum Gasteiger partial charge on any atom is 0.481 e. The SMILES string of the molecule is O=C1CNC(=O)c2ncn([C@@H]3O[C@H](COP(=O)(O)OP(=O)(O)O)[C@@H](O)[C@H]3O)c2N1. The summed E-state index contributed by atoms with van der Waals surface area (Å²) in [5.41, 5.74) is -0.171. The second-order valence-electron chi connectivity index (χ2n) is 5.96. The molecule has 18 heteroatoms. The third-order valence-electron chi connectivity index (χ3n) is 3.90. The molecule has 2 aliphatic heterocycles. The van der Waals surface area contributed by atoms with Crippen LogP contribution < -0.4 is 10.6 Å². The minimum Gasteiger partial charge on any atom is -0.387 e. The molecule has 29 heavy (non-hydrogen) atoms. The zero-order valence-electron chi connectivity index (χ0n) is 14.2. The van der Waals surface area contributed by atoms with Crippen molar-refractivity contribution in [2.24, 2.45) is 0 Å². The number of aromatic nitrogens is 2. The number of ether oxygens (including phenoxy) is 1. The molecule has 0 aromatic carbocycles. The summed E-state index contributed by atoms with van der Waals surface area (Å²) in [5.74, 6) is -1.36. The van der Waals surface area contributed by atoms with Gasteiger partial charge in [-0.1, -0.05) is 0 Å². The van der Waals surface area contributed by atoms with E-state index in [-0.39, 0.29) is 18.1 Å². The van der Waals surface area contributed by atoms with E-state index in [9.17, 15) is 33.8 Å². The Labute approximate surface area is 161 Å². The summed E-state index contributed by atoms with van der Waals surface area (Å²) < 4.78 is 36.6. The molecule has 1 saturated heterocycles. The van der Waals surface area contributed by atoms with Gasteiger partial charge in [0.1, 0.15) is 24.1 Å². The quantitative estimate of drug-likeness (QED) is 0.217. The van der Waals surface area contributed by atoms with E-state index in [1.165, 1.54) is 0 Å². The Balaban J connectivity index is 1.76. The van der Waals surface area contributed by atoms with E-state index in [2.05, 4.69) is 24.5 Å². The number of hydrogen-bond acceptors (Lipinski definition) is 10. The van der Waals surface area contributed by atoms with Crippen molar-refractivity contribution in [1.82, 2.24) is 14.9 Å². The summed E-state index contributed by atoms with van der Waals surface area (Å²) >= 11 is 0. The van der Waals surface area contributed by atoms with Gasteiger partial charge in [-0.25, -0.2) is 14.1 Å². The van der Waals surface area contributed by atoms with Gasteiger partial charge in [-0.05, 0) is 0 Å². The van der Waals surface area contributed by atoms with Crippen LogP contribution in [0.4, 0.5) is 5.82 Å². The van der Waals surface area contributed by atoms with Gasteiger partial charge in [0.05, 0.1) is 19.5 Å². The highest BCUT2D eigenvalue weighted by molar-refractivity contribution is 7.60. The minimum atomic E-state index is -5.34. The zero-order valence-corrected chi connectivity index (χ0v) is 16.0. The van der Waals surface area contributed by atoms with Crippen LogP contribution in [0.2, 0.25) is 0 Å². The molecule has 5 atom stereocenters. The lowest BCUT2D eigenvalue weighted by molar-refractivity contribution is -0.115. The molecule has 3 rings (SSSR count). The van der Waals surface area contributed by atoms with E-state index in [1.807, 2.05) is 0 Å². The summed E-state index contributed by atoms with van der Waals surface area (Å²) in [6.07, 6.45) is -5.09. The monoisotopic (exact) mass is 458 g/mol. The van der Waals surface area contributed by atoms with Crippen molar-refractivity contribution >= 4 is 33.3 Å². The lowest BCUT2D eigenvalue weighted by Gasteiger charge is -2.19. The molecule has 0 saturated carbocycles. The second-order valence-corrected chi connectivity index (χ2v) is 8.79. The van der Waals surface area contributed by atoms with Gasteiger partial charge in [0.25, 0.3) is 5.91 Å². The van der Waals surface area contributed by atoms with Crippen molar-refractivity contribution in [1.29, 1.82) is 0 Å². The molecular formula is C11H16N4O12P2. The summed E-state index contributed by atoms with van der Waals surface area (Å²) in [4.78, 5) is 53.9. The molecule has 0 spiro atoms. The van der Waals surface area contributed by atoms with Crippen molar-refractivity contribution in [2.75, 3.05) is 18.5 Å². The summed E-state index contributed by atoms with van der Waals surface area (Å²) in [6, 6.07) is 0. The minimum absolute atomic E-state index is 0.111. The molecule has 1 aromatic heterocycles. The number of nitrogens with one attached hydrogen (secondary N) is 2. The molecule has 2 amide bonds. The van der Waals surface area contributed by atoms with E-state index in [4.69, 9.17) is 14.5 Å².